The molecule has 1 aliphatic heterocycles. The van der Waals surface area contributed by atoms with Crippen molar-refractivity contribution < 1.29 is 33.6 Å². The molecular weight excluding hydrogens is 404 g/mol. The zero-order valence-electron chi connectivity index (χ0n) is 17.9. The fourth-order valence-electron chi connectivity index (χ4n) is 3.76. The molecule has 0 aliphatic carbocycles. The Morgan fingerprint density at radius 3 is 2.29 bits per heavy atom. The molecule has 0 aromatic heterocycles. The Labute approximate surface area is 180 Å². The van der Waals surface area contributed by atoms with Gasteiger partial charge >= 0.3 is 12.0 Å². The van der Waals surface area contributed by atoms with Crippen molar-refractivity contribution >= 4 is 17.7 Å². The minimum atomic E-state index is -1.01. The number of carbonyl (C=O) groups is 2. The first-order valence-electron chi connectivity index (χ1n) is 9.68. The van der Waals surface area contributed by atoms with Crippen LogP contribution in [-0.4, -0.2) is 57.0 Å². The number of nitrogens with zero attached hydrogens (tertiary/aromatic N) is 1. The van der Waals surface area contributed by atoms with Crippen molar-refractivity contribution in [3.63, 3.8) is 0 Å². The highest BCUT2D eigenvalue weighted by molar-refractivity contribution is 5.92. The predicted molar refractivity (Wildman–Crippen MR) is 114 cm³/mol. The van der Waals surface area contributed by atoms with E-state index in [9.17, 15) is 14.7 Å². The van der Waals surface area contributed by atoms with Crippen LogP contribution in [0.15, 0.2) is 30.3 Å². The fourth-order valence-corrected chi connectivity index (χ4v) is 3.76. The lowest BCUT2D eigenvalue weighted by molar-refractivity contribution is -0.138. The van der Waals surface area contributed by atoms with E-state index < -0.39 is 18.0 Å². The van der Waals surface area contributed by atoms with Gasteiger partial charge in [0.2, 0.25) is 0 Å². The van der Waals surface area contributed by atoms with E-state index in [4.69, 9.17) is 18.9 Å². The van der Waals surface area contributed by atoms with Crippen LogP contribution in [-0.2, 0) is 11.2 Å². The van der Waals surface area contributed by atoms with Gasteiger partial charge in [0.05, 0.1) is 46.6 Å². The number of nitrogens with one attached hydrogen (secondary N) is 1. The number of fused-ring (bicyclic) bond motifs is 1. The highest BCUT2D eigenvalue weighted by Gasteiger charge is 2.34. The molecule has 166 valence electrons. The molecule has 0 saturated heterocycles. The van der Waals surface area contributed by atoms with E-state index in [0.29, 0.717) is 41.7 Å². The van der Waals surface area contributed by atoms with Crippen LogP contribution < -0.4 is 24.3 Å². The van der Waals surface area contributed by atoms with Gasteiger partial charge in [-0.05, 0) is 41.8 Å². The summed E-state index contributed by atoms with van der Waals surface area (Å²) in [5, 5.41) is 12.3. The zero-order valence-corrected chi connectivity index (χ0v) is 17.9. The Morgan fingerprint density at radius 1 is 1.00 bits per heavy atom. The van der Waals surface area contributed by atoms with Gasteiger partial charge in [0.25, 0.3) is 0 Å². The van der Waals surface area contributed by atoms with Crippen molar-refractivity contribution in [2.45, 2.75) is 18.9 Å². The average Bonchev–Trinajstić information content (AvgIpc) is 2.77. The van der Waals surface area contributed by atoms with Crippen LogP contribution in [0.3, 0.4) is 0 Å². The third kappa shape index (κ3) is 4.60. The number of hydrogen-bond donors (Lipinski definition) is 2. The molecule has 1 atom stereocenters. The van der Waals surface area contributed by atoms with Crippen LogP contribution in [0, 0.1) is 0 Å². The Balaban J connectivity index is 1.95. The van der Waals surface area contributed by atoms with Crippen molar-refractivity contribution in [1.82, 2.24) is 4.90 Å². The van der Waals surface area contributed by atoms with E-state index in [1.54, 1.807) is 31.4 Å². The lowest BCUT2D eigenvalue weighted by Crippen LogP contribution is -2.43. The molecule has 2 amide bonds. The molecule has 2 aromatic carbocycles. The lowest BCUT2D eigenvalue weighted by atomic mass is 9.90. The molecule has 0 bridgehead atoms. The molecule has 3 rings (SSSR count). The van der Waals surface area contributed by atoms with Crippen molar-refractivity contribution in [3.05, 3.63) is 41.5 Å². The van der Waals surface area contributed by atoms with Crippen LogP contribution in [0.2, 0.25) is 0 Å². The summed E-state index contributed by atoms with van der Waals surface area (Å²) < 4.78 is 21.3. The van der Waals surface area contributed by atoms with Crippen molar-refractivity contribution in [2.75, 3.05) is 40.3 Å². The van der Waals surface area contributed by atoms with Gasteiger partial charge in [-0.15, -0.1) is 0 Å². The van der Waals surface area contributed by atoms with Crippen LogP contribution in [0.5, 0.6) is 23.0 Å². The summed E-state index contributed by atoms with van der Waals surface area (Å²) in [5.41, 5.74) is 2.07. The third-order valence-electron chi connectivity index (χ3n) is 5.28. The number of amides is 2. The molecule has 0 fully saturated rings. The average molecular weight is 430 g/mol. The molecule has 1 unspecified atom stereocenters. The second-order valence-electron chi connectivity index (χ2n) is 6.96. The summed E-state index contributed by atoms with van der Waals surface area (Å²) in [6.07, 6.45) is 0.305. The molecule has 1 heterocycles. The predicted octanol–water partition coefficient (Wildman–Crippen LogP) is 3.33. The number of methoxy groups -OCH3 is 4. The highest BCUT2D eigenvalue weighted by atomic mass is 16.5. The summed E-state index contributed by atoms with van der Waals surface area (Å²) >= 11 is 0. The number of carboxylic acids is 1. The van der Waals surface area contributed by atoms with Gasteiger partial charge in [-0.2, -0.15) is 0 Å². The van der Waals surface area contributed by atoms with Gasteiger partial charge < -0.3 is 34.3 Å². The zero-order chi connectivity index (χ0) is 22.5. The number of benzene rings is 2. The number of ether oxygens (including phenoxy) is 4. The van der Waals surface area contributed by atoms with E-state index >= 15 is 0 Å². The lowest BCUT2D eigenvalue weighted by Gasteiger charge is -2.37. The molecule has 9 nitrogen and oxygen atoms in total. The Hall–Kier alpha value is -3.62. The Bertz CT molecular complexity index is 977. The Morgan fingerprint density at radius 2 is 1.68 bits per heavy atom. The van der Waals surface area contributed by atoms with Crippen molar-refractivity contribution in [1.29, 1.82) is 0 Å². The fraction of sp³-hybridized carbons (Fsp3) is 0.364. The molecule has 0 spiro atoms. The number of aliphatic carboxylic acids is 1. The number of carbonyl (C=O) groups excluding carboxylic acids is 1. The van der Waals surface area contributed by atoms with Gasteiger partial charge in [-0.1, -0.05) is 0 Å². The minimum absolute atomic E-state index is 0.245. The van der Waals surface area contributed by atoms with E-state index in [1.807, 2.05) is 6.07 Å². The summed E-state index contributed by atoms with van der Waals surface area (Å²) in [6, 6.07) is 7.53. The maximum Gasteiger partial charge on any atom is 0.322 e. The van der Waals surface area contributed by atoms with E-state index in [0.717, 1.165) is 11.1 Å². The molecule has 9 heteroatoms. The molecule has 0 radical (unpaired) electrons. The van der Waals surface area contributed by atoms with E-state index in [1.165, 1.54) is 26.2 Å². The van der Waals surface area contributed by atoms with Gasteiger partial charge in [0.1, 0.15) is 11.5 Å². The first-order chi connectivity index (χ1) is 14.9. The maximum atomic E-state index is 13.2. The molecule has 1 aliphatic rings. The van der Waals surface area contributed by atoms with Crippen molar-refractivity contribution in [3.8, 4) is 23.0 Å². The van der Waals surface area contributed by atoms with Crippen molar-refractivity contribution in [2.24, 2.45) is 0 Å². The molecule has 0 saturated carbocycles. The molecule has 2 N–H and O–H groups in total. The SMILES string of the molecule is COc1ccc(OC)c(NC(=O)N2CCc3cc(OC)c(OC)cc3C2CC(=O)O)c1. The van der Waals surface area contributed by atoms with Gasteiger partial charge in [0.15, 0.2) is 11.5 Å². The monoisotopic (exact) mass is 430 g/mol. The summed E-state index contributed by atoms with van der Waals surface area (Å²) in [5.74, 6) is 1.05. The number of carboxylic acid groups (broad SMARTS) is 1. The second-order valence-corrected chi connectivity index (χ2v) is 6.96. The van der Waals surface area contributed by atoms with Crippen LogP contribution in [0.25, 0.3) is 0 Å². The van der Waals surface area contributed by atoms with Crippen LogP contribution >= 0.6 is 0 Å². The van der Waals surface area contributed by atoms with E-state index in [2.05, 4.69) is 5.32 Å². The van der Waals surface area contributed by atoms with Gasteiger partial charge in [-0.25, -0.2) is 4.79 Å². The number of urea groups is 1. The molecule has 2 aromatic rings. The third-order valence-corrected chi connectivity index (χ3v) is 5.28. The highest BCUT2D eigenvalue weighted by Crippen LogP contribution is 2.40. The molecule has 31 heavy (non-hydrogen) atoms. The largest absolute Gasteiger partial charge is 0.497 e. The normalized spacial score (nSPS) is 15.0. The second kappa shape index (κ2) is 9.46. The minimum Gasteiger partial charge on any atom is -0.497 e. The van der Waals surface area contributed by atoms with Crippen LogP contribution in [0.1, 0.15) is 23.6 Å². The first kappa shape index (κ1) is 22.1. The van der Waals surface area contributed by atoms with E-state index in [-0.39, 0.29) is 6.42 Å². The smallest absolute Gasteiger partial charge is 0.322 e. The van der Waals surface area contributed by atoms with Gasteiger partial charge in [0, 0.05) is 12.6 Å². The topological polar surface area (TPSA) is 107 Å². The summed E-state index contributed by atoms with van der Waals surface area (Å²) in [7, 11) is 6.09. The standard InChI is InChI=1S/C22H26N2O7/c1-28-14-5-6-18(29-2)16(10-14)23-22(27)24-8-7-13-9-19(30-3)20(31-4)11-15(13)17(24)12-21(25)26/h5-6,9-11,17H,7-8,12H2,1-4H3,(H,23,27)(H,25,26). The van der Waals surface area contributed by atoms with Gasteiger partial charge in [-0.3, -0.25) is 4.79 Å². The Kier molecular flexibility index (Phi) is 6.74. The quantitative estimate of drug-likeness (QED) is 0.694. The summed E-state index contributed by atoms with van der Waals surface area (Å²) in [6.45, 7) is 0.346. The van der Waals surface area contributed by atoms with Crippen LogP contribution in [0.4, 0.5) is 10.5 Å². The molecular formula is C22H26N2O7. The number of rotatable bonds is 7. The number of anilines is 1. The maximum absolute atomic E-state index is 13.2. The summed E-state index contributed by atoms with van der Waals surface area (Å²) in [4.78, 5) is 26.3. The first-order valence-corrected chi connectivity index (χ1v) is 9.68. The number of hydrogen-bond acceptors (Lipinski definition) is 6.